The van der Waals surface area contributed by atoms with Crippen molar-refractivity contribution in [2.75, 3.05) is 0 Å². The zero-order chi connectivity index (χ0) is 14.6. The van der Waals surface area contributed by atoms with E-state index in [0.29, 0.717) is 5.71 Å². The van der Waals surface area contributed by atoms with Gasteiger partial charge in [-0.3, -0.25) is 4.98 Å². The molecule has 104 valence electrons. The second-order valence-electron chi connectivity index (χ2n) is 3.99. The lowest BCUT2D eigenvalue weighted by Gasteiger charge is -2.05. The molecule has 2 aromatic rings. The van der Waals surface area contributed by atoms with Gasteiger partial charge >= 0.3 is 0 Å². The first kappa shape index (κ1) is 14.7. The van der Waals surface area contributed by atoms with Gasteiger partial charge in [0.1, 0.15) is 0 Å². The van der Waals surface area contributed by atoms with Crippen LogP contribution in [0.5, 0.6) is 0 Å². The minimum Gasteiger partial charge on any atom is -0.264 e. The molecule has 1 N–H and O–H groups in total. The van der Waals surface area contributed by atoms with E-state index < -0.39 is 10.0 Å². The maximum atomic E-state index is 12.0. The Balaban J connectivity index is 2.19. The summed E-state index contributed by atoms with van der Waals surface area (Å²) in [5, 5.41) is 3.89. The number of rotatable bonds is 4. The van der Waals surface area contributed by atoms with Crippen molar-refractivity contribution in [3.05, 3.63) is 58.8 Å². The number of sulfonamides is 1. The van der Waals surface area contributed by atoms with E-state index in [2.05, 4.69) is 30.8 Å². The monoisotopic (exact) mass is 353 g/mol. The van der Waals surface area contributed by atoms with Crippen molar-refractivity contribution in [1.82, 2.24) is 9.82 Å². The smallest absolute Gasteiger partial charge is 0.264 e. The van der Waals surface area contributed by atoms with Gasteiger partial charge in [-0.25, -0.2) is 0 Å². The average molecular weight is 354 g/mol. The van der Waals surface area contributed by atoms with Crippen LogP contribution in [0, 0.1) is 0 Å². The van der Waals surface area contributed by atoms with E-state index in [9.17, 15) is 8.42 Å². The molecule has 1 heterocycles. The summed E-state index contributed by atoms with van der Waals surface area (Å²) in [7, 11) is -3.66. The molecule has 0 amide bonds. The Morgan fingerprint density at radius 1 is 1.25 bits per heavy atom. The van der Waals surface area contributed by atoms with E-state index in [1.54, 1.807) is 43.6 Å². The van der Waals surface area contributed by atoms with Crippen molar-refractivity contribution in [3.8, 4) is 0 Å². The third-order valence-electron chi connectivity index (χ3n) is 2.54. The highest BCUT2D eigenvalue weighted by Crippen LogP contribution is 2.14. The Morgan fingerprint density at radius 3 is 2.55 bits per heavy atom. The fourth-order valence-corrected chi connectivity index (χ4v) is 2.56. The van der Waals surface area contributed by atoms with Crippen LogP contribution < -0.4 is 4.83 Å². The van der Waals surface area contributed by atoms with Crippen LogP contribution in [-0.4, -0.2) is 19.1 Å². The number of hydrogen-bond acceptors (Lipinski definition) is 4. The molecule has 0 saturated heterocycles. The molecule has 5 nitrogen and oxygen atoms in total. The van der Waals surface area contributed by atoms with Crippen LogP contribution in [0.25, 0.3) is 0 Å². The molecule has 0 saturated carbocycles. The molecular formula is C13H12BrN3O2S. The van der Waals surface area contributed by atoms with E-state index in [-0.39, 0.29) is 4.90 Å². The number of halogens is 1. The van der Waals surface area contributed by atoms with Crippen molar-refractivity contribution >= 4 is 31.7 Å². The molecule has 1 aromatic carbocycles. The molecule has 7 heteroatoms. The van der Waals surface area contributed by atoms with Gasteiger partial charge in [0, 0.05) is 22.4 Å². The molecule has 1 aromatic heterocycles. The zero-order valence-corrected chi connectivity index (χ0v) is 13.0. The van der Waals surface area contributed by atoms with Gasteiger partial charge in [-0.15, -0.1) is 0 Å². The summed E-state index contributed by atoms with van der Waals surface area (Å²) < 4.78 is 24.9. The predicted octanol–water partition coefficient (Wildman–Crippen LogP) is 2.55. The SMILES string of the molecule is C/C(=N/NS(=O)(=O)c1ccc(Br)cc1)c1cccnc1. The molecule has 2 rings (SSSR count). The Kier molecular flexibility index (Phi) is 4.51. The largest absolute Gasteiger partial charge is 0.276 e. The highest BCUT2D eigenvalue weighted by atomic mass is 79.9. The van der Waals surface area contributed by atoms with Gasteiger partial charge in [-0.2, -0.15) is 18.4 Å². The van der Waals surface area contributed by atoms with Gasteiger partial charge in [0.25, 0.3) is 10.0 Å². The van der Waals surface area contributed by atoms with Crippen LogP contribution in [0.15, 0.2) is 63.3 Å². The van der Waals surface area contributed by atoms with Crippen LogP contribution in [0.1, 0.15) is 12.5 Å². The predicted molar refractivity (Wildman–Crippen MR) is 80.9 cm³/mol. The number of pyridine rings is 1. The second kappa shape index (κ2) is 6.15. The molecule has 0 spiro atoms. The Hall–Kier alpha value is -1.73. The van der Waals surface area contributed by atoms with E-state index in [4.69, 9.17) is 0 Å². The molecule has 0 aliphatic heterocycles. The average Bonchev–Trinajstić information content (AvgIpc) is 2.46. The summed E-state index contributed by atoms with van der Waals surface area (Å²) in [5.41, 5.74) is 1.30. The van der Waals surface area contributed by atoms with E-state index in [0.717, 1.165) is 10.0 Å². The van der Waals surface area contributed by atoms with Gasteiger partial charge in [-0.05, 0) is 37.3 Å². The standard InChI is InChI=1S/C13H12BrN3O2S/c1-10(11-3-2-8-15-9-11)16-17-20(18,19)13-6-4-12(14)5-7-13/h2-9,17H,1H3/b16-10-. The molecule has 0 aliphatic carbocycles. The van der Waals surface area contributed by atoms with Crippen LogP contribution in [0.2, 0.25) is 0 Å². The lowest BCUT2D eigenvalue weighted by Crippen LogP contribution is -2.19. The number of nitrogens with zero attached hydrogens (tertiary/aromatic N) is 2. The molecule has 0 fully saturated rings. The van der Waals surface area contributed by atoms with Gasteiger partial charge < -0.3 is 0 Å². The minimum atomic E-state index is -3.66. The molecule has 0 atom stereocenters. The molecule has 0 bridgehead atoms. The highest BCUT2D eigenvalue weighted by Gasteiger charge is 2.12. The van der Waals surface area contributed by atoms with E-state index in [1.165, 1.54) is 12.1 Å². The molecule has 0 aliphatic rings. The number of benzene rings is 1. The number of hydrogen-bond donors (Lipinski definition) is 1. The van der Waals surface area contributed by atoms with Crippen LogP contribution in [-0.2, 0) is 10.0 Å². The fourth-order valence-electron chi connectivity index (χ4n) is 1.44. The number of nitrogens with one attached hydrogen (secondary N) is 1. The van der Waals surface area contributed by atoms with Crippen LogP contribution in [0.3, 0.4) is 0 Å². The Labute approximate surface area is 125 Å². The molecular weight excluding hydrogens is 342 g/mol. The summed E-state index contributed by atoms with van der Waals surface area (Å²) in [6.45, 7) is 1.71. The summed E-state index contributed by atoms with van der Waals surface area (Å²) in [5.74, 6) is 0. The van der Waals surface area contributed by atoms with E-state index in [1.807, 2.05) is 0 Å². The highest BCUT2D eigenvalue weighted by molar-refractivity contribution is 9.10. The zero-order valence-electron chi connectivity index (χ0n) is 10.6. The van der Waals surface area contributed by atoms with Crippen LogP contribution >= 0.6 is 15.9 Å². The van der Waals surface area contributed by atoms with Crippen molar-refractivity contribution in [1.29, 1.82) is 0 Å². The Morgan fingerprint density at radius 2 is 1.95 bits per heavy atom. The second-order valence-corrected chi connectivity index (χ2v) is 6.56. The number of hydrazone groups is 1. The first-order valence-electron chi connectivity index (χ1n) is 5.71. The lowest BCUT2D eigenvalue weighted by atomic mass is 10.2. The molecule has 0 radical (unpaired) electrons. The topological polar surface area (TPSA) is 71.4 Å². The van der Waals surface area contributed by atoms with Gasteiger partial charge in [0.15, 0.2) is 0 Å². The van der Waals surface area contributed by atoms with Crippen LogP contribution in [0.4, 0.5) is 0 Å². The maximum Gasteiger partial charge on any atom is 0.276 e. The molecule has 20 heavy (non-hydrogen) atoms. The summed E-state index contributed by atoms with van der Waals surface area (Å²) in [6, 6.07) is 9.89. The summed E-state index contributed by atoms with van der Waals surface area (Å²) >= 11 is 3.26. The first-order chi connectivity index (χ1) is 9.49. The third-order valence-corrected chi connectivity index (χ3v) is 4.29. The van der Waals surface area contributed by atoms with Crippen molar-refractivity contribution in [2.45, 2.75) is 11.8 Å². The third kappa shape index (κ3) is 3.64. The number of aromatic nitrogens is 1. The van der Waals surface area contributed by atoms with Gasteiger partial charge in [-0.1, -0.05) is 22.0 Å². The van der Waals surface area contributed by atoms with E-state index >= 15 is 0 Å². The molecule has 0 unspecified atom stereocenters. The normalized spacial score (nSPS) is 12.2. The Bertz CT molecular complexity index is 713. The quantitative estimate of drug-likeness (QED) is 0.678. The summed E-state index contributed by atoms with van der Waals surface area (Å²) in [4.78, 5) is 6.32. The van der Waals surface area contributed by atoms with Crippen molar-refractivity contribution < 1.29 is 8.42 Å². The lowest BCUT2D eigenvalue weighted by molar-refractivity contribution is 0.584. The van der Waals surface area contributed by atoms with Gasteiger partial charge in [0.2, 0.25) is 0 Å². The minimum absolute atomic E-state index is 0.156. The van der Waals surface area contributed by atoms with Crippen molar-refractivity contribution in [3.63, 3.8) is 0 Å². The maximum absolute atomic E-state index is 12.0. The van der Waals surface area contributed by atoms with Crippen molar-refractivity contribution in [2.24, 2.45) is 5.10 Å². The first-order valence-corrected chi connectivity index (χ1v) is 7.99. The summed E-state index contributed by atoms with van der Waals surface area (Å²) in [6.07, 6.45) is 3.26. The van der Waals surface area contributed by atoms with Gasteiger partial charge in [0.05, 0.1) is 10.6 Å². The fraction of sp³-hybridized carbons (Fsp3) is 0.0769.